The van der Waals surface area contributed by atoms with Crippen molar-refractivity contribution >= 4 is 5.78 Å². The largest absolute Gasteiger partial charge is 0.468 e. The minimum atomic E-state index is 0.222. The van der Waals surface area contributed by atoms with Crippen LogP contribution in [0.3, 0.4) is 0 Å². The predicted molar refractivity (Wildman–Crippen MR) is 92.2 cm³/mol. The van der Waals surface area contributed by atoms with Crippen molar-refractivity contribution in [3.05, 3.63) is 41.5 Å². The first-order valence-corrected chi connectivity index (χ1v) is 8.80. The van der Waals surface area contributed by atoms with Gasteiger partial charge in [-0.1, -0.05) is 24.1 Å². The van der Waals surface area contributed by atoms with Gasteiger partial charge in [0.05, 0.1) is 13.2 Å². The average molecular weight is 330 g/mol. The second-order valence-corrected chi connectivity index (χ2v) is 6.58. The van der Waals surface area contributed by atoms with Crippen molar-refractivity contribution in [2.45, 2.75) is 38.0 Å². The molecule has 1 fully saturated rings. The summed E-state index contributed by atoms with van der Waals surface area (Å²) in [6.07, 6.45) is 7.33. The smallest absolute Gasteiger partial charge is 0.189 e. The van der Waals surface area contributed by atoms with E-state index in [0.717, 1.165) is 12.2 Å². The van der Waals surface area contributed by atoms with Gasteiger partial charge in [-0.05, 0) is 54.9 Å². The van der Waals surface area contributed by atoms with E-state index in [2.05, 4.69) is 12.1 Å². The Morgan fingerprint density at radius 3 is 2.71 bits per heavy atom. The zero-order valence-electron chi connectivity index (χ0n) is 14.3. The molecule has 0 N–H and O–H groups in total. The quantitative estimate of drug-likeness (QED) is 0.562. The lowest BCUT2D eigenvalue weighted by Crippen LogP contribution is -2.25. The number of rotatable bonds is 7. The standard InChI is InChI=1S/C20H26O4/c1-22-10-11-23-14-24-18-8-6-15(7-9-18)20-13-17(21)12-16-4-2-3-5-19(16)20/h6-9,12,19-20H,2-5,10-11,13-14H2,1H3. The number of hydrogen-bond donors (Lipinski definition) is 0. The van der Waals surface area contributed by atoms with E-state index < -0.39 is 0 Å². The van der Waals surface area contributed by atoms with Gasteiger partial charge in [-0.2, -0.15) is 0 Å². The highest BCUT2D eigenvalue weighted by molar-refractivity contribution is 5.92. The van der Waals surface area contributed by atoms with Gasteiger partial charge in [0.1, 0.15) is 5.75 Å². The van der Waals surface area contributed by atoms with Crippen LogP contribution >= 0.6 is 0 Å². The molecule has 24 heavy (non-hydrogen) atoms. The molecular formula is C20H26O4. The van der Waals surface area contributed by atoms with Gasteiger partial charge < -0.3 is 14.2 Å². The molecule has 2 aliphatic rings. The van der Waals surface area contributed by atoms with Gasteiger partial charge in [-0.15, -0.1) is 0 Å². The van der Waals surface area contributed by atoms with Gasteiger partial charge in [-0.25, -0.2) is 0 Å². The molecule has 1 aromatic rings. The zero-order valence-corrected chi connectivity index (χ0v) is 14.3. The van der Waals surface area contributed by atoms with Gasteiger partial charge in [-0.3, -0.25) is 4.79 Å². The molecule has 0 aliphatic heterocycles. The van der Waals surface area contributed by atoms with Crippen LogP contribution in [0.2, 0.25) is 0 Å². The molecule has 3 rings (SSSR count). The summed E-state index contributed by atoms with van der Waals surface area (Å²) >= 11 is 0. The molecule has 0 amide bonds. The third-order valence-corrected chi connectivity index (χ3v) is 5.01. The number of ether oxygens (including phenoxy) is 3. The maximum atomic E-state index is 12.1. The topological polar surface area (TPSA) is 44.8 Å². The SMILES string of the molecule is COCCOCOc1ccc(C2CC(=O)C=C3CCCCC32)cc1. The van der Waals surface area contributed by atoms with Crippen molar-refractivity contribution < 1.29 is 19.0 Å². The highest BCUT2D eigenvalue weighted by Gasteiger charge is 2.33. The van der Waals surface area contributed by atoms with Crippen molar-refractivity contribution in [2.24, 2.45) is 5.92 Å². The maximum absolute atomic E-state index is 12.1. The number of benzene rings is 1. The number of allylic oxidation sites excluding steroid dienone is 2. The van der Waals surface area contributed by atoms with Gasteiger partial charge >= 0.3 is 0 Å². The summed E-state index contributed by atoms with van der Waals surface area (Å²) in [5, 5.41) is 0. The van der Waals surface area contributed by atoms with E-state index in [0.29, 0.717) is 31.5 Å². The Hall–Kier alpha value is -1.65. The first-order valence-electron chi connectivity index (χ1n) is 8.80. The number of methoxy groups -OCH3 is 1. The van der Waals surface area contributed by atoms with Crippen molar-refractivity contribution in [2.75, 3.05) is 27.1 Å². The van der Waals surface area contributed by atoms with Gasteiger partial charge in [0.25, 0.3) is 0 Å². The van der Waals surface area contributed by atoms with E-state index in [-0.39, 0.29) is 12.6 Å². The molecule has 0 spiro atoms. The fraction of sp³-hybridized carbons (Fsp3) is 0.550. The monoisotopic (exact) mass is 330 g/mol. The first-order chi connectivity index (χ1) is 11.8. The van der Waals surface area contributed by atoms with E-state index in [4.69, 9.17) is 14.2 Å². The van der Waals surface area contributed by atoms with E-state index in [1.54, 1.807) is 7.11 Å². The van der Waals surface area contributed by atoms with Crippen molar-refractivity contribution in [3.8, 4) is 5.75 Å². The fourth-order valence-corrected chi connectivity index (χ4v) is 3.80. The Morgan fingerprint density at radius 1 is 1.08 bits per heavy atom. The molecule has 0 radical (unpaired) electrons. The molecule has 4 heteroatoms. The lowest BCUT2D eigenvalue weighted by molar-refractivity contribution is -0.115. The van der Waals surface area contributed by atoms with E-state index in [9.17, 15) is 4.79 Å². The Labute approximate surface area is 143 Å². The van der Waals surface area contributed by atoms with Gasteiger partial charge in [0.2, 0.25) is 0 Å². The second-order valence-electron chi connectivity index (χ2n) is 6.58. The van der Waals surface area contributed by atoms with Crippen LogP contribution in [0.25, 0.3) is 0 Å². The molecule has 0 saturated heterocycles. The number of carbonyl (C=O) groups excluding carboxylic acids is 1. The predicted octanol–water partition coefficient (Wildman–Crippen LogP) is 3.86. The summed E-state index contributed by atoms with van der Waals surface area (Å²) in [5.41, 5.74) is 2.61. The third-order valence-electron chi connectivity index (χ3n) is 5.01. The number of carbonyl (C=O) groups is 1. The summed E-state index contributed by atoms with van der Waals surface area (Å²) in [4.78, 5) is 12.1. The second kappa shape index (κ2) is 8.45. The van der Waals surface area contributed by atoms with Crippen molar-refractivity contribution in [3.63, 3.8) is 0 Å². The van der Waals surface area contributed by atoms with Crippen LogP contribution in [0, 0.1) is 5.92 Å². The molecule has 0 heterocycles. The van der Waals surface area contributed by atoms with Gasteiger partial charge in [0, 0.05) is 13.5 Å². The normalized spacial score (nSPS) is 23.5. The molecule has 1 saturated carbocycles. The summed E-state index contributed by atoms with van der Waals surface area (Å²) < 4.78 is 15.8. The van der Waals surface area contributed by atoms with E-state index in [1.165, 1.54) is 30.4 Å². The molecule has 2 aliphatic carbocycles. The number of ketones is 1. The molecule has 130 valence electrons. The Bertz CT molecular complexity index is 576. The first kappa shape index (κ1) is 17.2. The van der Waals surface area contributed by atoms with Crippen molar-refractivity contribution in [1.82, 2.24) is 0 Å². The molecule has 4 nitrogen and oxygen atoms in total. The van der Waals surface area contributed by atoms with Crippen LogP contribution in [0.5, 0.6) is 5.75 Å². The summed E-state index contributed by atoms with van der Waals surface area (Å²) in [7, 11) is 1.64. The summed E-state index contributed by atoms with van der Waals surface area (Å²) in [6.45, 7) is 1.31. The Balaban J connectivity index is 1.60. The van der Waals surface area contributed by atoms with Crippen LogP contribution in [-0.2, 0) is 14.3 Å². The number of hydrogen-bond acceptors (Lipinski definition) is 4. The Kier molecular flexibility index (Phi) is 6.05. The minimum absolute atomic E-state index is 0.222. The molecule has 0 bridgehead atoms. The van der Waals surface area contributed by atoms with Crippen LogP contribution in [0.4, 0.5) is 0 Å². The van der Waals surface area contributed by atoms with Crippen LogP contribution in [-0.4, -0.2) is 32.9 Å². The lowest BCUT2D eigenvalue weighted by Gasteiger charge is -2.35. The molecule has 2 atom stereocenters. The summed E-state index contributed by atoms with van der Waals surface area (Å²) in [6, 6.07) is 8.14. The molecule has 0 aromatic heterocycles. The van der Waals surface area contributed by atoms with Crippen LogP contribution in [0.15, 0.2) is 35.9 Å². The summed E-state index contributed by atoms with van der Waals surface area (Å²) in [5.74, 6) is 1.93. The van der Waals surface area contributed by atoms with E-state index >= 15 is 0 Å². The Morgan fingerprint density at radius 2 is 1.92 bits per heavy atom. The molecular weight excluding hydrogens is 304 g/mol. The lowest BCUT2D eigenvalue weighted by atomic mass is 9.68. The highest BCUT2D eigenvalue weighted by atomic mass is 16.7. The maximum Gasteiger partial charge on any atom is 0.189 e. The third kappa shape index (κ3) is 4.25. The van der Waals surface area contributed by atoms with Gasteiger partial charge in [0.15, 0.2) is 12.6 Å². The van der Waals surface area contributed by atoms with Crippen molar-refractivity contribution in [1.29, 1.82) is 0 Å². The fourth-order valence-electron chi connectivity index (χ4n) is 3.80. The van der Waals surface area contributed by atoms with Crippen LogP contribution in [0.1, 0.15) is 43.6 Å². The molecule has 1 aromatic carbocycles. The average Bonchev–Trinajstić information content (AvgIpc) is 2.61. The molecule has 2 unspecified atom stereocenters. The highest BCUT2D eigenvalue weighted by Crippen LogP contribution is 2.44. The zero-order chi connectivity index (χ0) is 16.8. The minimum Gasteiger partial charge on any atom is -0.468 e. The van der Waals surface area contributed by atoms with E-state index in [1.807, 2.05) is 18.2 Å². The number of fused-ring (bicyclic) bond motifs is 1. The van der Waals surface area contributed by atoms with Crippen LogP contribution < -0.4 is 4.74 Å².